The van der Waals surface area contributed by atoms with Gasteiger partial charge < -0.3 is 20.5 Å². The van der Waals surface area contributed by atoms with E-state index in [2.05, 4.69) is 40.4 Å². The van der Waals surface area contributed by atoms with Crippen molar-refractivity contribution in [2.24, 2.45) is 0 Å². The highest BCUT2D eigenvalue weighted by Gasteiger charge is 2.19. The Hall–Kier alpha value is -3.02. The Morgan fingerprint density at radius 1 is 1.03 bits per heavy atom. The fourth-order valence-electron chi connectivity index (χ4n) is 4.09. The van der Waals surface area contributed by atoms with Crippen LogP contribution in [0.5, 0.6) is 0 Å². The van der Waals surface area contributed by atoms with Crippen molar-refractivity contribution < 1.29 is 9.59 Å². The number of carbonyl (C=O) groups is 2. The van der Waals surface area contributed by atoms with Gasteiger partial charge in [-0.3, -0.25) is 4.79 Å². The summed E-state index contributed by atoms with van der Waals surface area (Å²) in [7, 11) is 1.55. The maximum absolute atomic E-state index is 12.4. The van der Waals surface area contributed by atoms with Crippen LogP contribution < -0.4 is 16.0 Å². The van der Waals surface area contributed by atoms with Crippen molar-refractivity contribution in [3.63, 3.8) is 0 Å². The number of hydrogen-bond donors (Lipinski definition) is 3. The van der Waals surface area contributed by atoms with Gasteiger partial charge in [0.15, 0.2) is 0 Å². The highest BCUT2D eigenvalue weighted by Crippen LogP contribution is 2.32. The van der Waals surface area contributed by atoms with Crippen LogP contribution in [0.25, 0.3) is 6.08 Å². The summed E-state index contributed by atoms with van der Waals surface area (Å²) in [5, 5.41) is 8.03. The molecule has 3 amide bonds. The molecule has 0 saturated heterocycles. The molecule has 1 aliphatic carbocycles. The molecule has 1 aromatic heterocycles. The zero-order valence-corrected chi connectivity index (χ0v) is 17.4. The molecule has 1 saturated carbocycles. The van der Waals surface area contributed by atoms with Gasteiger partial charge in [-0.05, 0) is 62.6 Å². The van der Waals surface area contributed by atoms with Crippen molar-refractivity contribution in [3.05, 3.63) is 53.4 Å². The molecular weight excluding hydrogens is 364 g/mol. The number of amides is 3. The summed E-state index contributed by atoms with van der Waals surface area (Å²) in [5.41, 5.74) is 4.79. The summed E-state index contributed by atoms with van der Waals surface area (Å²) in [6.45, 7) is 4.27. The van der Waals surface area contributed by atoms with E-state index in [1.165, 1.54) is 43.5 Å². The van der Waals surface area contributed by atoms with Crippen LogP contribution in [0, 0.1) is 13.8 Å². The van der Waals surface area contributed by atoms with E-state index in [1.54, 1.807) is 37.4 Å². The SMILES string of the molecule is CNC(=O)Nc1cccc(NC(=O)/C=C/c2cc(C)n(C3CCCCC3)c2C)c1. The number of carbonyl (C=O) groups excluding carboxylic acids is 2. The van der Waals surface area contributed by atoms with Gasteiger partial charge in [-0.15, -0.1) is 0 Å². The number of anilines is 2. The highest BCUT2D eigenvalue weighted by molar-refractivity contribution is 6.02. The second-order valence-corrected chi connectivity index (χ2v) is 7.60. The van der Waals surface area contributed by atoms with Crippen molar-refractivity contribution in [1.29, 1.82) is 0 Å². The predicted octanol–water partition coefficient (Wildman–Crippen LogP) is 5.01. The molecule has 1 heterocycles. The van der Waals surface area contributed by atoms with Gasteiger partial charge in [0.1, 0.15) is 0 Å². The van der Waals surface area contributed by atoms with Gasteiger partial charge >= 0.3 is 6.03 Å². The fourth-order valence-corrected chi connectivity index (χ4v) is 4.09. The minimum absolute atomic E-state index is 0.204. The zero-order valence-electron chi connectivity index (χ0n) is 17.4. The lowest BCUT2D eigenvalue weighted by atomic mass is 9.95. The Morgan fingerprint density at radius 3 is 2.41 bits per heavy atom. The normalized spacial score (nSPS) is 14.7. The van der Waals surface area contributed by atoms with E-state index >= 15 is 0 Å². The second kappa shape index (κ2) is 9.45. The Kier molecular flexibility index (Phi) is 6.75. The van der Waals surface area contributed by atoms with Gasteiger partial charge in [0, 0.05) is 41.9 Å². The smallest absolute Gasteiger partial charge is 0.318 e. The van der Waals surface area contributed by atoms with Gasteiger partial charge in [-0.25, -0.2) is 4.79 Å². The number of nitrogens with one attached hydrogen (secondary N) is 3. The molecule has 6 heteroatoms. The number of aromatic nitrogens is 1. The minimum atomic E-state index is -0.304. The Morgan fingerprint density at radius 2 is 1.72 bits per heavy atom. The summed E-state index contributed by atoms with van der Waals surface area (Å²) in [5.74, 6) is -0.204. The van der Waals surface area contributed by atoms with E-state index in [1.807, 2.05) is 6.08 Å². The summed E-state index contributed by atoms with van der Waals surface area (Å²) >= 11 is 0. The summed E-state index contributed by atoms with van der Waals surface area (Å²) < 4.78 is 2.44. The van der Waals surface area contributed by atoms with Gasteiger partial charge in [-0.1, -0.05) is 25.3 Å². The number of aryl methyl sites for hydroxylation is 1. The van der Waals surface area contributed by atoms with Gasteiger partial charge in [-0.2, -0.15) is 0 Å². The van der Waals surface area contributed by atoms with Crippen LogP contribution in [0.1, 0.15) is 55.1 Å². The monoisotopic (exact) mass is 394 g/mol. The molecule has 0 spiro atoms. The molecule has 0 atom stereocenters. The number of urea groups is 1. The molecule has 0 aliphatic heterocycles. The molecule has 1 aromatic carbocycles. The first-order valence-electron chi connectivity index (χ1n) is 10.2. The lowest BCUT2D eigenvalue weighted by Gasteiger charge is -2.26. The molecule has 3 rings (SSSR count). The second-order valence-electron chi connectivity index (χ2n) is 7.60. The quantitative estimate of drug-likeness (QED) is 0.623. The maximum Gasteiger partial charge on any atom is 0.318 e. The molecule has 1 aliphatic rings. The predicted molar refractivity (Wildman–Crippen MR) is 118 cm³/mol. The van der Waals surface area contributed by atoms with E-state index in [4.69, 9.17) is 0 Å². The van der Waals surface area contributed by atoms with E-state index < -0.39 is 0 Å². The van der Waals surface area contributed by atoms with E-state index in [9.17, 15) is 9.59 Å². The standard InChI is InChI=1S/C23H30N4O2/c1-16-14-18(17(2)27(16)21-10-5-4-6-11-21)12-13-22(28)25-19-8-7-9-20(15-19)26-23(29)24-3/h7-9,12-15,21H,4-6,10-11H2,1-3H3,(H,25,28)(H2,24,26,29)/b13-12+. The lowest BCUT2D eigenvalue weighted by molar-refractivity contribution is -0.111. The number of rotatable bonds is 5. The van der Waals surface area contributed by atoms with Crippen LogP contribution in [0.2, 0.25) is 0 Å². The van der Waals surface area contributed by atoms with Gasteiger partial charge in [0.25, 0.3) is 0 Å². The molecule has 2 aromatic rings. The Labute approximate surface area is 172 Å². The highest BCUT2D eigenvalue weighted by atomic mass is 16.2. The van der Waals surface area contributed by atoms with Gasteiger partial charge in [0.05, 0.1) is 0 Å². The Balaban J connectivity index is 1.67. The van der Waals surface area contributed by atoms with Crippen molar-refractivity contribution in [2.75, 3.05) is 17.7 Å². The van der Waals surface area contributed by atoms with E-state index in [-0.39, 0.29) is 11.9 Å². The van der Waals surface area contributed by atoms with Crippen LogP contribution in [0.3, 0.4) is 0 Å². The molecule has 3 N–H and O–H groups in total. The average Bonchev–Trinajstić information content (AvgIpc) is 3.00. The van der Waals surface area contributed by atoms with E-state index in [0.29, 0.717) is 17.4 Å². The first-order chi connectivity index (χ1) is 14.0. The van der Waals surface area contributed by atoms with Crippen molar-refractivity contribution in [3.8, 4) is 0 Å². The molecule has 154 valence electrons. The summed E-state index contributed by atoms with van der Waals surface area (Å²) in [4.78, 5) is 23.8. The van der Waals surface area contributed by atoms with Crippen LogP contribution in [0.4, 0.5) is 16.2 Å². The van der Waals surface area contributed by atoms with Crippen molar-refractivity contribution in [1.82, 2.24) is 9.88 Å². The fraction of sp³-hybridized carbons (Fsp3) is 0.391. The van der Waals surface area contributed by atoms with Gasteiger partial charge in [0.2, 0.25) is 5.91 Å². The van der Waals surface area contributed by atoms with Crippen LogP contribution in [0.15, 0.2) is 36.4 Å². The zero-order chi connectivity index (χ0) is 20.8. The third-order valence-electron chi connectivity index (χ3n) is 5.49. The topological polar surface area (TPSA) is 75.2 Å². The minimum Gasteiger partial charge on any atom is -0.346 e. The first kappa shape index (κ1) is 20.7. The number of hydrogen-bond acceptors (Lipinski definition) is 2. The molecule has 0 radical (unpaired) electrons. The van der Waals surface area contributed by atoms with Crippen molar-refractivity contribution in [2.45, 2.75) is 52.0 Å². The Bertz CT molecular complexity index is 908. The largest absolute Gasteiger partial charge is 0.346 e. The molecule has 6 nitrogen and oxygen atoms in total. The van der Waals surface area contributed by atoms with Crippen LogP contribution in [-0.2, 0) is 4.79 Å². The third kappa shape index (κ3) is 5.28. The van der Waals surface area contributed by atoms with E-state index in [0.717, 1.165) is 5.56 Å². The third-order valence-corrected chi connectivity index (χ3v) is 5.49. The number of benzene rings is 1. The average molecular weight is 395 g/mol. The number of nitrogens with zero attached hydrogens (tertiary/aromatic N) is 1. The molecule has 0 bridgehead atoms. The molecule has 1 fully saturated rings. The van der Waals surface area contributed by atoms with Crippen LogP contribution in [-0.4, -0.2) is 23.6 Å². The first-order valence-corrected chi connectivity index (χ1v) is 10.2. The summed E-state index contributed by atoms with van der Waals surface area (Å²) in [6, 6.07) is 9.48. The molecule has 29 heavy (non-hydrogen) atoms. The van der Waals surface area contributed by atoms with Crippen LogP contribution >= 0.6 is 0 Å². The molecule has 0 unspecified atom stereocenters. The maximum atomic E-state index is 12.4. The summed E-state index contributed by atoms with van der Waals surface area (Å²) in [6.07, 6.45) is 9.84. The lowest BCUT2D eigenvalue weighted by Crippen LogP contribution is -2.24. The van der Waals surface area contributed by atoms with Crippen molar-refractivity contribution >= 4 is 29.4 Å². The molecular formula is C23H30N4O2.